The van der Waals surface area contributed by atoms with Gasteiger partial charge in [0, 0.05) is 6.42 Å². The predicted molar refractivity (Wildman–Crippen MR) is 89.3 cm³/mol. The van der Waals surface area contributed by atoms with Crippen molar-refractivity contribution in [2.45, 2.75) is 12.5 Å². The number of ether oxygens (including phenoxy) is 1. The zero-order valence-corrected chi connectivity index (χ0v) is 13.1. The van der Waals surface area contributed by atoms with E-state index < -0.39 is 18.0 Å². The Labute approximate surface area is 143 Å². The highest BCUT2D eigenvalue weighted by molar-refractivity contribution is 5.99. The summed E-state index contributed by atoms with van der Waals surface area (Å²) in [7, 11) is 0. The van der Waals surface area contributed by atoms with E-state index in [2.05, 4.69) is 15.5 Å². The van der Waals surface area contributed by atoms with E-state index >= 15 is 0 Å². The van der Waals surface area contributed by atoms with Crippen molar-refractivity contribution >= 4 is 17.8 Å². The fourth-order valence-corrected chi connectivity index (χ4v) is 2.77. The Kier molecular flexibility index (Phi) is 3.74. The molecule has 1 aliphatic rings. The van der Waals surface area contributed by atoms with Crippen LogP contribution < -0.4 is 5.32 Å². The molecule has 3 aromatic rings. The van der Waals surface area contributed by atoms with Gasteiger partial charge in [-0.25, -0.2) is 4.79 Å². The first-order chi connectivity index (χ1) is 12.2. The largest absolute Gasteiger partial charge is 0.448 e. The number of rotatable bonds is 3. The van der Waals surface area contributed by atoms with Crippen LogP contribution in [0.1, 0.15) is 15.9 Å². The number of benzene rings is 2. The zero-order chi connectivity index (χ0) is 17.2. The number of anilines is 1. The molecule has 0 saturated carbocycles. The number of nitrogens with zero attached hydrogens (tertiary/aromatic N) is 3. The Bertz CT molecular complexity index is 936. The molecule has 2 heterocycles. The summed E-state index contributed by atoms with van der Waals surface area (Å²) in [5, 5.41) is 10.5. The molecule has 1 atom stereocenters. The minimum atomic E-state index is -0.900. The Hall–Kier alpha value is -3.48. The molecule has 0 unspecified atom stereocenters. The summed E-state index contributed by atoms with van der Waals surface area (Å²) >= 11 is 0. The Morgan fingerprint density at radius 1 is 1.12 bits per heavy atom. The van der Waals surface area contributed by atoms with Gasteiger partial charge in [0.15, 0.2) is 6.10 Å². The van der Waals surface area contributed by atoms with Crippen molar-refractivity contribution in [3.05, 3.63) is 72.1 Å². The lowest BCUT2D eigenvalue weighted by Crippen LogP contribution is -2.38. The van der Waals surface area contributed by atoms with Gasteiger partial charge in [-0.3, -0.25) is 14.7 Å². The summed E-state index contributed by atoms with van der Waals surface area (Å²) in [6, 6.07) is 16.5. The van der Waals surface area contributed by atoms with Gasteiger partial charge in [-0.15, -0.1) is 10.2 Å². The molecule has 124 valence electrons. The lowest BCUT2D eigenvalue weighted by atomic mass is 9.98. The number of fused-ring (bicyclic) bond motifs is 1. The average molecular weight is 334 g/mol. The van der Waals surface area contributed by atoms with Gasteiger partial charge in [0.1, 0.15) is 6.33 Å². The molecule has 1 amide bonds. The van der Waals surface area contributed by atoms with Gasteiger partial charge in [0.05, 0.1) is 11.3 Å². The van der Waals surface area contributed by atoms with Crippen LogP contribution in [0.3, 0.4) is 0 Å². The molecule has 0 spiro atoms. The normalized spacial score (nSPS) is 16.0. The van der Waals surface area contributed by atoms with Gasteiger partial charge in [-0.1, -0.05) is 36.4 Å². The number of para-hydroxylation sites is 1. The highest BCUT2D eigenvalue weighted by Gasteiger charge is 2.31. The summed E-state index contributed by atoms with van der Waals surface area (Å²) in [6.45, 7) is 0. The number of hydrogen-bond acceptors (Lipinski definition) is 5. The Morgan fingerprint density at radius 3 is 2.72 bits per heavy atom. The van der Waals surface area contributed by atoms with Gasteiger partial charge in [0.25, 0.3) is 5.91 Å². The van der Waals surface area contributed by atoms with Gasteiger partial charge in [-0.2, -0.15) is 0 Å². The van der Waals surface area contributed by atoms with Crippen molar-refractivity contribution in [3.63, 3.8) is 0 Å². The number of amides is 1. The maximum absolute atomic E-state index is 12.5. The lowest BCUT2D eigenvalue weighted by Gasteiger charge is -2.23. The van der Waals surface area contributed by atoms with Gasteiger partial charge in [-0.05, 0) is 23.8 Å². The molecule has 1 aromatic heterocycles. The van der Waals surface area contributed by atoms with Crippen molar-refractivity contribution in [3.8, 4) is 5.69 Å². The molecule has 2 aromatic carbocycles. The van der Waals surface area contributed by atoms with E-state index in [1.165, 1.54) is 6.33 Å². The third-order valence-electron chi connectivity index (χ3n) is 4.00. The maximum atomic E-state index is 12.5. The lowest BCUT2D eigenvalue weighted by molar-refractivity contribution is -0.125. The first-order valence-corrected chi connectivity index (χ1v) is 7.77. The molecule has 1 aliphatic heterocycles. The molecule has 0 radical (unpaired) electrons. The topological polar surface area (TPSA) is 86.1 Å². The van der Waals surface area contributed by atoms with Gasteiger partial charge >= 0.3 is 5.97 Å². The van der Waals surface area contributed by atoms with E-state index in [0.29, 0.717) is 12.0 Å². The van der Waals surface area contributed by atoms with Crippen molar-refractivity contribution in [1.29, 1.82) is 0 Å². The van der Waals surface area contributed by atoms with E-state index in [1.54, 1.807) is 16.7 Å². The quantitative estimate of drug-likeness (QED) is 0.740. The van der Waals surface area contributed by atoms with Crippen LogP contribution in [0, 0.1) is 0 Å². The second-order valence-corrected chi connectivity index (χ2v) is 5.60. The number of cyclic esters (lactones) is 1. The number of nitrogens with one attached hydrogen (secondary N) is 1. The van der Waals surface area contributed by atoms with E-state index in [0.717, 1.165) is 11.3 Å². The van der Waals surface area contributed by atoms with Crippen LogP contribution in [-0.4, -0.2) is 32.7 Å². The smallest absolute Gasteiger partial charge is 0.339 e. The second-order valence-electron chi connectivity index (χ2n) is 5.60. The first kappa shape index (κ1) is 15.1. The van der Waals surface area contributed by atoms with E-state index in [-0.39, 0.29) is 5.95 Å². The fraction of sp³-hybridized carbons (Fsp3) is 0.111. The Morgan fingerprint density at radius 2 is 1.88 bits per heavy atom. The monoisotopic (exact) mass is 334 g/mol. The molecular formula is C18H14N4O3. The van der Waals surface area contributed by atoms with E-state index in [1.807, 2.05) is 42.5 Å². The van der Waals surface area contributed by atoms with Crippen LogP contribution in [0.15, 0.2) is 60.9 Å². The van der Waals surface area contributed by atoms with Crippen molar-refractivity contribution in [2.24, 2.45) is 0 Å². The molecule has 0 saturated heterocycles. The number of carbonyl (C=O) groups excluding carboxylic acids is 2. The van der Waals surface area contributed by atoms with Crippen LogP contribution in [0.25, 0.3) is 5.69 Å². The van der Waals surface area contributed by atoms with Crippen molar-refractivity contribution in [2.75, 3.05) is 5.32 Å². The minimum absolute atomic E-state index is 0.270. The van der Waals surface area contributed by atoms with Crippen LogP contribution in [0.4, 0.5) is 5.95 Å². The highest BCUT2D eigenvalue weighted by atomic mass is 16.5. The predicted octanol–water partition coefficient (Wildman–Crippen LogP) is 1.99. The van der Waals surface area contributed by atoms with E-state index in [9.17, 15) is 9.59 Å². The van der Waals surface area contributed by atoms with Crippen LogP contribution in [0.2, 0.25) is 0 Å². The molecule has 0 fully saturated rings. The third kappa shape index (κ3) is 2.87. The molecule has 0 bridgehead atoms. The summed E-state index contributed by atoms with van der Waals surface area (Å²) in [4.78, 5) is 24.6. The molecule has 1 N–H and O–H groups in total. The van der Waals surface area contributed by atoms with Gasteiger partial charge < -0.3 is 4.74 Å². The SMILES string of the molecule is O=C1O[C@H](C(=O)Nc2nncn2-c2ccccc2)Cc2ccccc21. The number of hydrogen-bond donors (Lipinski definition) is 1. The molecule has 4 rings (SSSR count). The molecule has 25 heavy (non-hydrogen) atoms. The zero-order valence-electron chi connectivity index (χ0n) is 13.1. The first-order valence-electron chi connectivity index (χ1n) is 7.77. The number of esters is 1. The van der Waals surface area contributed by atoms with Crippen molar-refractivity contribution in [1.82, 2.24) is 14.8 Å². The summed E-state index contributed by atoms with van der Waals surface area (Å²) in [5.41, 5.74) is 2.11. The highest BCUT2D eigenvalue weighted by Crippen LogP contribution is 2.21. The standard InChI is InChI=1S/C18H14N4O3/c23-16(15-10-12-6-4-5-9-14(12)17(24)25-15)20-18-21-19-11-22(18)13-7-2-1-3-8-13/h1-9,11,15H,10H2,(H,20,21,23)/t15-/m0/s1. The molecule has 7 nitrogen and oxygen atoms in total. The Balaban J connectivity index is 1.55. The van der Waals surface area contributed by atoms with Gasteiger partial charge in [0.2, 0.25) is 5.95 Å². The maximum Gasteiger partial charge on any atom is 0.339 e. The summed E-state index contributed by atoms with van der Waals surface area (Å²) in [5.74, 6) is -0.661. The second kappa shape index (κ2) is 6.20. The summed E-state index contributed by atoms with van der Waals surface area (Å²) < 4.78 is 6.91. The molecule has 0 aliphatic carbocycles. The van der Waals surface area contributed by atoms with Crippen LogP contribution in [-0.2, 0) is 16.0 Å². The van der Waals surface area contributed by atoms with Crippen LogP contribution in [0.5, 0.6) is 0 Å². The number of carbonyl (C=O) groups is 2. The molecule has 7 heteroatoms. The minimum Gasteiger partial charge on any atom is -0.448 e. The summed E-state index contributed by atoms with van der Waals surface area (Å²) in [6.07, 6.45) is 0.934. The number of aromatic nitrogens is 3. The average Bonchev–Trinajstić information content (AvgIpc) is 3.10. The van der Waals surface area contributed by atoms with Crippen LogP contribution >= 0.6 is 0 Å². The van der Waals surface area contributed by atoms with Crippen molar-refractivity contribution < 1.29 is 14.3 Å². The fourth-order valence-electron chi connectivity index (χ4n) is 2.77. The third-order valence-corrected chi connectivity index (χ3v) is 4.00. The van der Waals surface area contributed by atoms with E-state index in [4.69, 9.17) is 4.74 Å². The molecular weight excluding hydrogens is 320 g/mol.